The van der Waals surface area contributed by atoms with Crippen molar-refractivity contribution >= 4 is 5.78 Å². The fourth-order valence-electron chi connectivity index (χ4n) is 3.46. The molecule has 2 heterocycles. The number of fused-ring (bicyclic) bond motifs is 1. The quantitative estimate of drug-likeness (QED) is 0.697. The van der Waals surface area contributed by atoms with Crippen molar-refractivity contribution in [1.82, 2.24) is 20.3 Å². The van der Waals surface area contributed by atoms with Gasteiger partial charge in [-0.2, -0.15) is 18.9 Å². The van der Waals surface area contributed by atoms with Crippen LogP contribution in [0.15, 0.2) is 28.9 Å². The third-order valence-electron chi connectivity index (χ3n) is 4.79. The minimum atomic E-state index is -2.78. The Kier molecular flexibility index (Phi) is 4.10. The molecule has 0 aliphatic heterocycles. The van der Waals surface area contributed by atoms with E-state index < -0.39 is 12.3 Å². The summed E-state index contributed by atoms with van der Waals surface area (Å²) in [5.41, 5.74) is 4.24. The number of carbonyl (C=O) groups excluding carboxylic acids is 1. The smallest absolute Gasteiger partial charge is 0.315 e. The lowest BCUT2D eigenvalue weighted by Gasteiger charge is -2.11. The van der Waals surface area contributed by atoms with Crippen LogP contribution < -0.4 is 0 Å². The molecule has 134 valence electrons. The van der Waals surface area contributed by atoms with Gasteiger partial charge in [0.25, 0.3) is 5.89 Å². The average Bonchev–Trinajstić information content (AvgIpc) is 3.34. The van der Waals surface area contributed by atoms with Gasteiger partial charge in [-0.3, -0.25) is 9.89 Å². The van der Waals surface area contributed by atoms with Crippen LogP contribution in [0.2, 0.25) is 0 Å². The van der Waals surface area contributed by atoms with E-state index in [4.69, 9.17) is 0 Å². The summed E-state index contributed by atoms with van der Waals surface area (Å²) in [6.07, 6.45) is 0.895. The van der Waals surface area contributed by atoms with E-state index in [0.29, 0.717) is 17.5 Å². The summed E-state index contributed by atoms with van der Waals surface area (Å²) in [5.74, 6) is -0.322. The van der Waals surface area contributed by atoms with E-state index in [2.05, 4.69) is 24.9 Å². The predicted octanol–water partition coefficient (Wildman–Crippen LogP) is 4.01. The Morgan fingerprint density at radius 2 is 2.27 bits per heavy atom. The second-order valence-corrected chi connectivity index (χ2v) is 6.44. The van der Waals surface area contributed by atoms with Crippen molar-refractivity contribution in [2.45, 2.75) is 38.5 Å². The monoisotopic (exact) mass is 358 g/mol. The molecular weight excluding hydrogens is 342 g/mol. The van der Waals surface area contributed by atoms with Gasteiger partial charge in [-0.1, -0.05) is 17.3 Å². The fraction of sp³-hybridized carbons (Fsp3) is 0.333. The van der Waals surface area contributed by atoms with Crippen molar-refractivity contribution in [1.29, 1.82) is 0 Å². The highest BCUT2D eigenvalue weighted by molar-refractivity contribution is 5.97. The number of aromatic amines is 1. The molecule has 2 aromatic heterocycles. The molecule has 6 nitrogen and oxygen atoms in total. The second kappa shape index (κ2) is 6.44. The fourth-order valence-corrected chi connectivity index (χ4v) is 3.46. The highest BCUT2D eigenvalue weighted by Crippen LogP contribution is 2.38. The molecule has 0 spiro atoms. The van der Waals surface area contributed by atoms with Gasteiger partial charge < -0.3 is 4.52 Å². The van der Waals surface area contributed by atoms with Gasteiger partial charge in [0.05, 0.1) is 11.8 Å². The first kappa shape index (κ1) is 16.6. The summed E-state index contributed by atoms with van der Waals surface area (Å²) >= 11 is 0. The van der Waals surface area contributed by atoms with Gasteiger partial charge in [-0.05, 0) is 42.9 Å². The molecule has 0 saturated heterocycles. The molecule has 0 saturated carbocycles. The molecule has 1 unspecified atom stereocenters. The molecule has 1 N–H and O–H groups in total. The first-order valence-corrected chi connectivity index (χ1v) is 8.31. The van der Waals surface area contributed by atoms with Crippen LogP contribution in [0.5, 0.6) is 0 Å². The topological polar surface area (TPSA) is 84.7 Å². The van der Waals surface area contributed by atoms with Gasteiger partial charge in [0.15, 0.2) is 5.78 Å². The zero-order valence-corrected chi connectivity index (χ0v) is 14.0. The molecule has 1 aliphatic carbocycles. The molecule has 0 fully saturated rings. The van der Waals surface area contributed by atoms with Crippen LogP contribution >= 0.6 is 0 Å². The third-order valence-corrected chi connectivity index (χ3v) is 4.79. The number of rotatable bonds is 5. The highest BCUT2D eigenvalue weighted by Gasteiger charge is 2.27. The van der Waals surface area contributed by atoms with E-state index >= 15 is 0 Å². The van der Waals surface area contributed by atoms with Gasteiger partial charge in [0.2, 0.25) is 5.82 Å². The molecule has 0 amide bonds. The summed E-state index contributed by atoms with van der Waals surface area (Å²) in [6.45, 7) is 1.83. The summed E-state index contributed by atoms with van der Waals surface area (Å²) in [6, 6.07) is 5.60. The van der Waals surface area contributed by atoms with E-state index in [0.717, 1.165) is 29.7 Å². The lowest BCUT2D eigenvalue weighted by molar-refractivity contribution is 0.0973. The summed E-state index contributed by atoms with van der Waals surface area (Å²) in [4.78, 5) is 16.2. The second-order valence-electron chi connectivity index (χ2n) is 6.44. The maximum absolute atomic E-state index is 12.6. The number of hydrogen-bond acceptors (Lipinski definition) is 5. The number of nitrogens with one attached hydrogen (secondary N) is 1. The van der Waals surface area contributed by atoms with Crippen LogP contribution in [0, 0.1) is 6.92 Å². The van der Waals surface area contributed by atoms with Gasteiger partial charge in [-0.25, -0.2) is 0 Å². The van der Waals surface area contributed by atoms with Crippen LogP contribution in [0.1, 0.15) is 58.3 Å². The number of carbonyl (C=O) groups is 1. The number of aryl methyl sites for hydroxylation is 2. The maximum atomic E-state index is 12.6. The Morgan fingerprint density at radius 1 is 1.42 bits per heavy atom. The molecular formula is C18H16F2N4O2. The summed E-state index contributed by atoms with van der Waals surface area (Å²) in [5, 5.41) is 10.3. The van der Waals surface area contributed by atoms with Crippen molar-refractivity contribution < 1.29 is 18.1 Å². The molecule has 1 aromatic carbocycles. The van der Waals surface area contributed by atoms with Crippen LogP contribution in [0.25, 0.3) is 11.4 Å². The Bertz CT molecular complexity index is 964. The third kappa shape index (κ3) is 2.91. The molecule has 1 aliphatic rings. The number of hydrogen-bond donors (Lipinski definition) is 1. The van der Waals surface area contributed by atoms with Gasteiger partial charge >= 0.3 is 6.43 Å². The Hall–Kier alpha value is -2.90. The number of alkyl halides is 2. The average molecular weight is 358 g/mol. The summed E-state index contributed by atoms with van der Waals surface area (Å²) in [7, 11) is 0. The standard InChI is InChI=1S/C18H16F2N4O2/c1-9-14(8-21-23-9)15(25)7-11-3-2-10-6-12(4-5-13(10)11)17-22-18(16(19)20)26-24-17/h4-6,8,11,16H,2-3,7H2,1H3,(H,21,23). The van der Waals surface area contributed by atoms with E-state index in [1.807, 2.05) is 19.1 Å². The lowest BCUT2D eigenvalue weighted by atomic mass is 9.93. The Morgan fingerprint density at radius 3 is 2.96 bits per heavy atom. The molecule has 1 atom stereocenters. The SMILES string of the molecule is Cc1[nH]ncc1C(=O)CC1CCc2cc(-c3noc(C(F)F)n3)ccc21. The van der Waals surface area contributed by atoms with Crippen molar-refractivity contribution in [2.24, 2.45) is 0 Å². The molecule has 4 rings (SSSR count). The number of benzene rings is 1. The first-order valence-electron chi connectivity index (χ1n) is 8.31. The first-order chi connectivity index (χ1) is 12.5. The molecule has 8 heteroatoms. The van der Waals surface area contributed by atoms with Crippen LogP contribution in [-0.2, 0) is 6.42 Å². The van der Waals surface area contributed by atoms with Crippen molar-refractivity contribution in [3.05, 3.63) is 52.7 Å². The largest absolute Gasteiger partial charge is 0.333 e. The number of aromatic nitrogens is 4. The van der Waals surface area contributed by atoms with E-state index in [9.17, 15) is 13.6 Å². The molecule has 26 heavy (non-hydrogen) atoms. The predicted molar refractivity (Wildman–Crippen MR) is 88.0 cm³/mol. The summed E-state index contributed by atoms with van der Waals surface area (Å²) < 4.78 is 29.8. The maximum Gasteiger partial charge on any atom is 0.315 e. The number of nitrogens with zero attached hydrogens (tertiary/aromatic N) is 3. The minimum absolute atomic E-state index is 0.0675. The normalized spacial score (nSPS) is 16.2. The van der Waals surface area contributed by atoms with E-state index in [-0.39, 0.29) is 17.5 Å². The van der Waals surface area contributed by atoms with Crippen molar-refractivity contribution in [2.75, 3.05) is 0 Å². The van der Waals surface area contributed by atoms with Gasteiger partial charge in [-0.15, -0.1) is 0 Å². The number of ketones is 1. The Balaban J connectivity index is 1.54. The lowest BCUT2D eigenvalue weighted by Crippen LogP contribution is -2.06. The minimum Gasteiger partial charge on any atom is -0.333 e. The van der Waals surface area contributed by atoms with Gasteiger partial charge in [0, 0.05) is 17.7 Å². The molecule has 0 radical (unpaired) electrons. The highest BCUT2D eigenvalue weighted by atomic mass is 19.3. The van der Waals surface area contributed by atoms with Gasteiger partial charge in [0.1, 0.15) is 0 Å². The Labute approximate surface area is 147 Å². The molecule has 3 aromatic rings. The number of H-pyrrole nitrogens is 1. The number of Topliss-reactive ketones (excluding diaryl/α,β-unsaturated/α-hetero) is 1. The van der Waals surface area contributed by atoms with Crippen LogP contribution in [-0.4, -0.2) is 26.1 Å². The zero-order chi connectivity index (χ0) is 18.3. The zero-order valence-electron chi connectivity index (χ0n) is 14.0. The van der Waals surface area contributed by atoms with Crippen LogP contribution in [0.3, 0.4) is 0 Å². The van der Waals surface area contributed by atoms with E-state index in [1.54, 1.807) is 12.3 Å². The van der Waals surface area contributed by atoms with E-state index in [1.165, 1.54) is 0 Å². The molecule has 0 bridgehead atoms. The number of halogens is 2. The van der Waals surface area contributed by atoms with Crippen molar-refractivity contribution in [3.63, 3.8) is 0 Å². The van der Waals surface area contributed by atoms with Crippen LogP contribution in [0.4, 0.5) is 8.78 Å². The van der Waals surface area contributed by atoms with Crippen molar-refractivity contribution in [3.8, 4) is 11.4 Å².